The normalized spacial score (nSPS) is 17.0. The molecule has 3 aromatic heterocycles. The predicted octanol–water partition coefficient (Wildman–Crippen LogP) is 2.02. The number of nitrogens with one attached hydrogen (secondary N) is 3. The Morgan fingerprint density at radius 2 is 2.00 bits per heavy atom. The van der Waals surface area contributed by atoms with E-state index < -0.39 is 12.3 Å². The minimum atomic E-state index is -1.24. The van der Waals surface area contributed by atoms with Gasteiger partial charge in [0, 0.05) is 42.5 Å². The molecule has 0 saturated heterocycles. The number of rotatable bonds is 9. The van der Waals surface area contributed by atoms with E-state index in [1.165, 1.54) is 23.9 Å². The number of carbonyl (C=O) groups excluding carboxylic acids is 1. The van der Waals surface area contributed by atoms with Gasteiger partial charge in [-0.25, -0.2) is 19.4 Å². The average molecular weight is 535 g/mol. The van der Waals surface area contributed by atoms with Crippen molar-refractivity contribution in [1.82, 2.24) is 34.9 Å². The fraction of sp³-hybridized carbons (Fsp3) is 0.292. The van der Waals surface area contributed by atoms with Crippen LogP contribution in [-0.4, -0.2) is 64.9 Å². The fourth-order valence-corrected chi connectivity index (χ4v) is 4.40. The quantitative estimate of drug-likeness (QED) is 0.185. The number of fused-ring (bicyclic) bond motifs is 1. The summed E-state index contributed by atoms with van der Waals surface area (Å²) in [7, 11) is 0. The van der Waals surface area contributed by atoms with E-state index in [0.717, 1.165) is 18.4 Å². The number of thioether (sulfide) groups is 1. The van der Waals surface area contributed by atoms with E-state index >= 15 is 0 Å². The molecule has 1 atom stereocenters. The Bertz CT molecular complexity index is 1550. The lowest BCUT2D eigenvalue weighted by Crippen LogP contribution is -2.29. The number of aliphatic hydroxyl groups is 1. The van der Waals surface area contributed by atoms with Crippen LogP contribution in [0.15, 0.2) is 46.9 Å². The Kier molecular flexibility index (Phi) is 6.33. The highest BCUT2D eigenvalue weighted by Gasteiger charge is 2.27. The summed E-state index contributed by atoms with van der Waals surface area (Å²) >= 11 is 1.43. The number of benzene rings is 1. The number of nitrogens with zero attached hydrogens (tertiary/aromatic N) is 7. The first-order valence-corrected chi connectivity index (χ1v) is 13.1. The number of hydrogen-bond acceptors (Lipinski definition) is 11. The van der Waals surface area contributed by atoms with E-state index in [4.69, 9.17) is 0 Å². The van der Waals surface area contributed by atoms with E-state index in [1.807, 2.05) is 6.26 Å². The highest BCUT2D eigenvalue weighted by molar-refractivity contribution is 7.98. The summed E-state index contributed by atoms with van der Waals surface area (Å²) in [4.78, 5) is 33.9. The van der Waals surface area contributed by atoms with Gasteiger partial charge in [-0.2, -0.15) is 19.6 Å². The van der Waals surface area contributed by atoms with Gasteiger partial charge in [-0.15, -0.1) is 0 Å². The molecule has 38 heavy (non-hydrogen) atoms. The minimum absolute atomic E-state index is 0.153. The Morgan fingerprint density at radius 3 is 2.71 bits per heavy atom. The van der Waals surface area contributed by atoms with Crippen LogP contribution < -0.4 is 16.0 Å². The van der Waals surface area contributed by atoms with Gasteiger partial charge >= 0.3 is 0 Å². The Morgan fingerprint density at radius 1 is 1.18 bits per heavy atom. The van der Waals surface area contributed by atoms with Crippen molar-refractivity contribution in [2.75, 3.05) is 16.9 Å². The van der Waals surface area contributed by atoms with E-state index in [0.29, 0.717) is 52.0 Å². The van der Waals surface area contributed by atoms with Crippen molar-refractivity contribution in [2.45, 2.75) is 43.4 Å². The predicted molar refractivity (Wildman–Crippen MR) is 139 cm³/mol. The van der Waals surface area contributed by atoms with Crippen molar-refractivity contribution in [1.29, 1.82) is 0 Å². The molecule has 4 heterocycles. The lowest BCUT2D eigenvalue weighted by Gasteiger charge is -2.13. The highest BCUT2D eigenvalue weighted by Crippen LogP contribution is 2.27. The molecule has 0 radical (unpaired) electrons. The molecule has 1 saturated carbocycles. The number of amides is 1. The molecular weight excluding hydrogens is 511 g/mol. The van der Waals surface area contributed by atoms with Crippen LogP contribution in [0.2, 0.25) is 0 Å². The molecule has 1 unspecified atom stereocenters. The summed E-state index contributed by atoms with van der Waals surface area (Å²) < 4.78 is 15.8. The molecule has 0 spiro atoms. The summed E-state index contributed by atoms with van der Waals surface area (Å²) in [5.41, 5.74) is 3.53. The summed E-state index contributed by atoms with van der Waals surface area (Å²) in [6.07, 6.45) is 7.83. The number of aliphatic hydroxyl groups excluding tert-OH is 1. The lowest BCUT2D eigenvalue weighted by atomic mass is 10.0. The summed E-state index contributed by atoms with van der Waals surface area (Å²) in [5, 5.41) is 23.6. The van der Waals surface area contributed by atoms with Crippen molar-refractivity contribution in [3.63, 3.8) is 0 Å². The SMILES string of the molecule is CSc1ncc(-c2cc(F)ccc2CNc2nc(NC3CC3)n3ncc(CC4=NC(O)NC4=O)c3n2)cn1. The lowest BCUT2D eigenvalue weighted by molar-refractivity contribution is -0.116. The molecular formula is C24H23FN10O2S. The van der Waals surface area contributed by atoms with Gasteiger partial charge in [0.2, 0.25) is 18.2 Å². The molecule has 4 aromatic rings. The van der Waals surface area contributed by atoms with Crippen molar-refractivity contribution >= 4 is 40.9 Å². The number of hydrogen-bond donors (Lipinski definition) is 4. The van der Waals surface area contributed by atoms with Crippen LogP contribution in [0.25, 0.3) is 16.8 Å². The smallest absolute Gasteiger partial charge is 0.269 e. The van der Waals surface area contributed by atoms with Crippen LogP contribution in [0.3, 0.4) is 0 Å². The zero-order valence-corrected chi connectivity index (χ0v) is 21.0. The van der Waals surface area contributed by atoms with Crippen LogP contribution in [0.5, 0.6) is 0 Å². The average Bonchev–Trinajstić information content (AvgIpc) is 3.55. The highest BCUT2D eigenvalue weighted by atomic mass is 32.2. The molecule has 0 bridgehead atoms. The van der Waals surface area contributed by atoms with Crippen molar-refractivity contribution in [3.05, 3.63) is 53.7 Å². The summed E-state index contributed by atoms with van der Waals surface area (Å²) in [6.45, 7) is 0.309. The number of anilines is 2. The third-order valence-corrected chi connectivity index (χ3v) is 6.72. The van der Waals surface area contributed by atoms with Crippen LogP contribution in [-0.2, 0) is 17.8 Å². The van der Waals surface area contributed by atoms with Crippen molar-refractivity contribution in [2.24, 2.45) is 4.99 Å². The zero-order valence-electron chi connectivity index (χ0n) is 20.2. The molecule has 1 aliphatic carbocycles. The van der Waals surface area contributed by atoms with Crippen LogP contribution >= 0.6 is 11.8 Å². The Labute approximate surface area is 220 Å². The second kappa shape index (κ2) is 9.95. The third kappa shape index (κ3) is 4.99. The first-order valence-electron chi connectivity index (χ1n) is 11.9. The van der Waals surface area contributed by atoms with E-state index in [9.17, 15) is 14.3 Å². The van der Waals surface area contributed by atoms with E-state index in [1.54, 1.807) is 29.2 Å². The van der Waals surface area contributed by atoms with Crippen molar-refractivity contribution in [3.8, 4) is 11.1 Å². The zero-order chi connectivity index (χ0) is 26.2. The number of carbonyl (C=O) groups is 1. The Hall–Kier alpha value is -4.17. The summed E-state index contributed by atoms with van der Waals surface area (Å²) in [6, 6.07) is 4.87. The fourth-order valence-electron chi connectivity index (χ4n) is 4.08. The third-order valence-electron chi connectivity index (χ3n) is 6.14. The molecule has 14 heteroatoms. The monoisotopic (exact) mass is 534 g/mol. The van der Waals surface area contributed by atoms with Gasteiger partial charge in [0.05, 0.1) is 6.20 Å². The van der Waals surface area contributed by atoms with Gasteiger partial charge in [-0.05, 0) is 42.4 Å². The first-order chi connectivity index (χ1) is 18.5. The maximum Gasteiger partial charge on any atom is 0.269 e. The van der Waals surface area contributed by atoms with Crippen LogP contribution in [0.1, 0.15) is 24.0 Å². The van der Waals surface area contributed by atoms with Gasteiger partial charge in [0.1, 0.15) is 11.5 Å². The molecule has 194 valence electrons. The standard InChI is InChI=1S/C24H23FN10O2S/c1-38-24-27-9-14(10-28-24)17-7-15(25)3-2-12(17)8-26-21-32-19-13(6-18-20(36)33-23(37)31-18)11-29-35(19)22(34-21)30-16-4-5-16/h2-3,7,9-11,16,23,37H,4-6,8H2,1H3,(H,33,36)(H2,26,30,32,34). The molecule has 1 fully saturated rings. The summed E-state index contributed by atoms with van der Waals surface area (Å²) in [5.74, 6) is 0.0621. The molecule has 1 aliphatic heterocycles. The van der Waals surface area contributed by atoms with Crippen LogP contribution in [0, 0.1) is 5.82 Å². The second-order valence-electron chi connectivity index (χ2n) is 8.91. The van der Waals surface area contributed by atoms with Gasteiger partial charge in [-0.3, -0.25) is 4.79 Å². The molecule has 6 rings (SSSR count). The number of aliphatic imine (C=N–C) groups is 1. The number of halogens is 1. The van der Waals surface area contributed by atoms with Gasteiger partial charge in [0.15, 0.2) is 10.8 Å². The van der Waals surface area contributed by atoms with Crippen molar-refractivity contribution < 1.29 is 14.3 Å². The topological polar surface area (TPSA) is 155 Å². The van der Waals surface area contributed by atoms with E-state index in [-0.39, 0.29) is 17.9 Å². The maximum atomic E-state index is 14.2. The van der Waals surface area contributed by atoms with Gasteiger partial charge in [-0.1, -0.05) is 17.8 Å². The molecule has 12 nitrogen and oxygen atoms in total. The Balaban J connectivity index is 1.31. The van der Waals surface area contributed by atoms with Crippen LogP contribution in [0.4, 0.5) is 16.3 Å². The molecule has 1 aromatic carbocycles. The first kappa shape index (κ1) is 24.2. The molecule has 4 N–H and O–H groups in total. The van der Waals surface area contributed by atoms with E-state index in [2.05, 4.69) is 46.0 Å². The molecule has 2 aliphatic rings. The minimum Gasteiger partial charge on any atom is -0.355 e. The second-order valence-corrected chi connectivity index (χ2v) is 9.68. The number of aromatic nitrogens is 6. The largest absolute Gasteiger partial charge is 0.355 e. The maximum absolute atomic E-state index is 14.2. The molecule has 1 amide bonds. The van der Waals surface area contributed by atoms with Gasteiger partial charge < -0.3 is 21.1 Å². The van der Waals surface area contributed by atoms with Gasteiger partial charge in [0.25, 0.3) is 5.91 Å².